The zero-order chi connectivity index (χ0) is 30.3. The fraction of sp³-hybridized carbons (Fsp3) is 0.545. The van der Waals surface area contributed by atoms with E-state index in [1.165, 1.54) is 0 Å². The number of nitrogens with zero attached hydrogens (tertiary/aromatic N) is 3. The van der Waals surface area contributed by atoms with Crippen LogP contribution in [0.2, 0.25) is 0 Å². The van der Waals surface area contributed by atoms with Crippen molar-refractivity contribution in [3.63, 3.8) is 0 Å². The number of hydrogen-bond acceptors (Lipinski definition) is 5. The maximum absolute atomic E-state index is 13.6. The van der Waals surface area contributed by atoms with Crippen LogP contribution in [0.4, 0.5) is 4.79 Å². The van der Waals surface area contributed by atoms with E-state index in [4.69, 9.17) is 4.74 Å². The van der Waals surface area contributed by atoms with Crippen LogP contribution in [0.25, 0.3) is 10.9 Å². The number of benzene rings is 1. The Labute approximate surface area is 248 Å². The summed E-state index contributed by atoms with van der Waals surface area (Å²) < 4.78 is 7.85. The Balaban J connectivity index is 1.26. The van der Waals surface area contributed by atoms with E-state index in [1.54, 1.807) is 4.90 Å². The number of aromatic amines is 1. The number of carbonyl (C=O) groups excluding carboxylic acids is 2. The summed E-state index contributed by atoms with van der Waals surface area (Å²) in [5.74, 6) is 0.311. The fourth-order valence-corrected chi connectivity index (χ4v) is 6.70. The quantitative estimate of drug-likeness (QED) is 0.427. The molecule has 4 heterocycles. The Hall–Kier alpha value is -3.59. The lowest BCUT2D eigenvalue weighted by atomic mass is 9.88. The number of rotatable bonds is 6. The van der Waals surface area contributed by atoms with Gasteiger partial charge in [0.1, 0.15) is 5.60 Å². The number of likely N-dealkylation sites (tertiary alicyclic amines) is 2. The number of para-hydroxylation sites is 1. The van der Waals surface area contributed by atoms with E-state index >= 15 is 0 Å². The second kappa shape index (κ2) is 11.6. The first-order valence-electron chi connectivity index (χ1n) is 15.1. The molecule has 9 heteroatoms. The Morgan fingerprint density at radius 1 is 1.10 bits per heavy atom. The second-order valence-corrected chi connectivity index (χ2v) is 13.1. The average Bonchev–Trinajstić information content (AvgIpc) is 3.17. The third-order valence-electron chi connectivity index (χ3n) is 9.00. The lowest BCUT2D eigenvalue weighted by Gasteiger charge is -2.48. The Bertz CT molecular complexity index is 1530. The molecule has 0 spiro atoms. The minimum absolute atomic E-state index is 0.161. The van der Waals surface area contributed by atoms with E-state index in [0.717, 1.165) is 66.9 Å². The monoisotopic (exact) mass is 575 g/mol. The fourth-order valence-electron chi connectivity index (χ4n) is 6.70. The largest absolute Gasteiger partial charge is 0.444 e. The lowest BCUT2D eigenvalue weighted by Crippen LogP contribution is -2.62. The van der Waals surface area contributed by atoms with Crippen molar-refractivity contribution in [2.45, 2.75) is 85.5 Å². The van der Waals surface area contributed by atoms with Gasteiger partial charge in [-0.15, -0.1) is 0 Å². The Morgan fingerprint density at radius 3 is 2.40 bits per heavy atom. The molecule has 1 aromatic carbocycles. The van der Waals surface area contributed by atoms with Gasteiger partial charge < -0.3 is 24.5 Å². The van der Waals surface area contributed by atoms with Gasteiger partial charge in [0.25, 0.3) is 11.5 Å². The molecular formula is C33H45N5O4. The number of aromatic nitrogens is 2. The van der Waals surface area contributed by atoms with Crippen LogP contribution in [0.5, 0.6) is 0 Å². The first kappa shape index (κ1) is 29.9. The highest BCUT2D eigenvalue weighted by atomic mass is 16.6. The summed E-state index contributed by atoms with van der Waals surface area (Å²) >= 11 is 0. The van der Waals surface area contributed by atoms with Crippen LogP contribution in [0, 0.1) is 26.7 Å². The summed E-state index contributed by atoms with van der Waals surface area (Å²) in [4.78, 5) is 45.6. The summed E-state index contributed by atoms with van der Waals surface area (Å²) in [5.41, 5.74) is 4.31. The molecule has 226 valence electrons. The van der Waals surface area contributed by atoms with E-state index in [-0.39, 0.29) is 30.1 Å². The van der Waals surface area contributed by atoms with Crippen molar-refractivity contribution in [3.8, 4) is 0 Å². The number of H-pyrrole nitrogens is 1. The topological polar surface area (TPSA) is 99.7 Å². The maximum Gasteiger partial charge on any atom is 0.410 e. The van der Waals surface area contributed by atoms with Gasteiger partial charge in [0.15, 0.2) is 0 Å². The molecule has 5 rings (SSSR count). The highest BCUT2D eigenvalue weighted by Crippen LogP contribution is 2.36. The molecule has 2 amide bonds. The van der Waals surface area contributed by atoms with Crippen LogP contribution in [0.3, 0.4) is 0 Å². The van der Waals surface area contributed by atoms with Crippen molar-refractivity contribution in [3.05, 3.63) is 68.8 Å². The molecule has 42 heavy (non-hydrogen) atoms. The van der Waals surface area contributed by atoms with Gasteiger partial charge in [0.05, 0.1) is 5.56 Å². The number of amides is 2. The van der Waals surface area contributed by atoms with Crippen molar-refractivity contribution in [2.24, 2.45) is 5.92 Å². The van der Waals surface area contributed by atoms with Crippen molar-refractivity contribution in [1.82, 2.24) is 24.7 Å². The van der Waals surface area contributed by atoms with E-state index in [0.29, 0.717) is 23.1 Å². The van der Waals surface area contributed by atoms with Crippen LogP contribution < -0.4 is 10.9 Å². The molecule has 2 fully saturated rings. The predicted octanol–water partition coefficient (Wildman–Crippen LogP) is 5.08. The highest BCUT2D eigenvalue weighted by Gasteiger charge is 2.39. The minimum atomic E-state index is -0.475. The highest BCUT2D eigenvalue weighted by molar-refractivity contribution is 6.08. The van der Waals surface area contributed by atoms with Crippen molar-refractivity contribution in [1.29, 1.82) is 0 Å². The number of fused-ring (bicyclic) bond motifs is 1. The van der Waals surface area contributed by atoms with Crippen molar-refractivity contribution >= 4 is 22.9 Å². The van der Waals surface area contributed by atoms with Crippen molar-refractivity contribution < 1.29 is 14.3 Å². The maximum atomic E-state index is 13.6. The molecule has 0 aliphatic carbocycles. The van der Waals surface area contributed by atoms with Gasteiger partial charge >= 0.3 is 6.09 Å². The SMILES string of the molecule is Cc1cc(C)c(CNC(=O)c2c(C)n(C(C)C3CCN(C4CN(C(=O)OC(C)(C)C)C4)CC3)c3ccccc23)c(=O)[nH]1. The van der Waals surface area contributed by atoms with Crippen LogP contribution in [-0.2, 0) is 11.3 Å². The van der Waals surface area contributed by atoms with Gasteiger partial charge in [0.2, 0.25) is 0 Å². The zero-order valence-corrected chi connectivity index (χ0v) is 26.0. The predicted molar refractivity (Wildman–Crippen MR) is 165 cm³/mol. The third-order valence-corrected chi connectivity index (χ3v) is 9.00. The average molecular weight is 576 g/mol. The normalized spacial score (nSPS) is 17.7. The minimum Gasteiger partial charge on any atom is -0.444 e. The number of carbonyl (C=O) groups is 2. The van der Waals surface area contributed by atoms with Gasteiger partial charge in [-0.1, -0.05) is 18.2 Å². The summed E-state index contributed by atoms with van der Waals surface area (Å²) in [7, 11) is 0. The summed E-state index contributed by atoms with van der Waals surface area (Å²) in [5, 5.41) is 3.95. The molecular weight excluding hydrogens is 530 g/mol. The van der Waals surface area contributed by atoms with Gasteiger partial charge in [-0.3, -0.25) is 14.5 Å². The van der Waals surface area contributed by atoms with Crippen LogP contribution in [-0.4, -0.2) is 69.2 Å². The number of aryl methyl sites for hydroxylation is 2. The van der Waals surface area contributed by atoms with E-state index in [2.05, 4.69) is 32.8 Å². The first-order chi connectivity index (χ1) is 19.8. The molecule has 2 aromatic heterocycles. The first-order valence-corrected chi connectivity index (χ1v) is 15.1. The van der Waals surface area contributed by atoms with Crippen LogP contribution in [0.15, 0.2) is 35.1 Å². The molecule has 3 aromatic rings. The molecule has 2 aliphatic rings. The number of piperidine rings is 1. The molecule has 1 atom stereocenters. The van der Waals surface area contributed by atoms with Gasteiger partial charge in [-0.2, -0.15) is 0 Å². The van der Waals surface area contributed by atoms with Crippen molar-refractivity contribution in [2.75, 3.05) is 26.2 Å². The van der Waals surface area contributed by atoms with E-state index < -0.39 is 5.60 Å². The number of hydrogen-bond donors (Lipinski definition) is 2. The zero-order valence-electron chi connectivity index (χ0n) is 26.0. The summed E-state index contributed by atoms with van der Waals surface area (Å²) in [6.07, 6.45) is 1.90. The molecule has 9 nitrogen and oxygen atoms in total. The van der Waals surface area contributed by atoms with Crippen LogP contribution >= 0.6 is 0 Å². The van der Waals surface area contributed by atoms with E-state index in [9.17, 15) is 14.4 Å². The molecule has 2 N–H and O–H groups in total. The molecule has 0 radical (unpaired) electrons. The molecule has 2 aliphatic heterocycles. The number of pyridine rings is 1. The molecule has 0 bridgehead atoms. The van der Waals surface area contributed by atoms with Gasteiger partial charge in [-0.05, 0) is 98.0 Å². The number of ether oxygens (including phenoxy) is 1. The summed E-state index contributed by atoms with van der Waals surface area (Å²) in [6.45, 7) is 17.4. The molecule has 0 saturated carbocycles. The lowest BCUT2D eigenvalue weighted by molar-refractivity contribution is -0.0230. The summed E-state index contributed by atoms with van der Waals surface area (Å²) in [6, 6.07) is 10.6. The molecule has 1 unspecified atom stereocenters. The standard InChI is InChI=1S/C33H45N5O4/c1-20-16-21(2)35-30(39)27(20)17-34-31(40)29-23(4)38(28-11-9-8-10-26(28)29)22(3)24-12-14-36(15-13-24)25-18-37(19-25)32(41)42-33(5,6)7/h8-11,16,22,24-25H,12-15,17-19H2,1-7H3,(H,34,40)(H,35,39). The van der Waals surface area contributed by atoms with Gasteiger partial charge in [0, 0.05) is 59.6 Å². The Kier molecular flexibility index (Phi) is 8.25. The second-order valence-electron chi connectivity index (χ2n) is 13.1. The van der Waals surface area contributed by atoms with E-state index in [1.807, 2.05) is 65.8 Å². The van der Waals surface area contributed by atoms with Gasteiger partial charge in [-0.25, -0.2) is 4.79 Å². The third kappa shape index (κ3) is 5.98. The molecule has 2 saturated heterocycles. The van der Waals surface area contributed by atoms with Crippen LogP contribution in [0.1, 0.15) is 79.5 Å². The number of nitrogens with one attached hydrogen (secondary N) is 2. The smallest absolute Gasteiger partial charge is 0.410 e. The Morgan fingerprint density at radius 2 is 1.76 bits per heavy atom.